The van der Waals surface area contributed by atoms with Gasteiger partial charge in [0.1, 0.15) is 11.6 Å². The average molecular weight is 1080 g/mol. The predicted molar refractivity (Wildman–Crippen MR) is 272 cm³/mol. The number of halogens is 6. The standard InChI is InChI=1S/2C25H23F3N6.C4H6O6/c2*1-16-14-33(15-29-16)22-11-9-18(30-17(22)2)10-12-23-31-24-20(7-5-13-34(24)32-23)19-6-3-4-8-21(19)25(26,27)28;5-1(3(7)8)2(6)4(9)10/h2*3-4,6,8-12,14-15,20H,5,7,13H2,1-2H3;1-2,5-6H,(H,7,8)(H,9,10)/b2*12-10+;/t20-;;1-,2-/m0.0/s1. The Bertz CT molecular complexity index is 3280. The molecule has 0 radical (unpaired) electrons. The fourth-order valence-electron chi connectivity index (χ4n) is 9.16. The van der Waals surface area contributed by atoms with Crippen LogP contribution in [0.5, 0.6) is 0 Å². The van der Waals surface area contributed by atoms with Gasteiger partial charge in [-0.05, 0) is 125 Å². The quantitative estimate of drug-likeness (QED) is 0.0885. The number of rotatable bonds is 11. The largest absolute Gasteiger partial charge is 0.479 e. The van der Waals surface area contributed by atoms with Crippen LogP contribution < -0.4 is 0 Å². The summed E-state index contributed by atoms with van der Waals surface area (Å²) >= 11 is 0. The number of fused-ring (bicyclic) bond motifs is 2. The minimum atomic E-state index is -4.41. The van der Waals surface area contributed by atoms with Gasteiger partial charge in [-0.1, -0.05) is 36.4 Å². The number of aryl methyl sites for hydroxylation is 6. The number of hydrogen-bond acceptors (Lipinski definition) is 12. The van der Waals surface area contributed by atoms with Crippen molar-refractivity contribution in [1.82, 2.24) is 58.6 Å². The van der Waals surface area contributed by atoms with E-state index in [1.807, 2.05) is 85.6 Å². The maximum atomic E-state index is 13.6. The second kappa shape index (κ2) is 23.3. The van der Waals surface area contributed by atoms with Gasteiger partial charge in [-0.2, -0.15) is 36.5 Å². The van der Waals surface area contributed by atoms with Gasteiger partial charge < -0.3 is 29.6 Å². The van der Waals surface area contributed by atoms with Crippen LogP contribution >= 0.6 is 0 Å². The van der Waals surface area contributed by atoms with E-state index in [0.717, 1.165) is 70.5 Å². The molecule has 0 saturated heterocycles. The lowest BCUT2D eigenvalue weighted by Gasteiger charge is -2.25. The van der Waals surface area contributed by atoms with Gasteiger partial charge in [0.2, 0.25) is 0 Å². The van der Waals surface area contributed by atoms with Crippen molar-refractivity contribution in [2.24, 2.45) is 0 Å². The van der Waals surface area contributed by atoms with E-state index in [0.29, 0.717) is 49.2 Å². The first-order valence-electron chi connectivity index (χ1n) is 24.4. The summed E-state index contributed by atoms with van der Waals surface area (Å²) in [6.07, 6.45) is 3.85. The molecule has 8 heterocycles. The number of aliphatic hydroxyl groups excluding tert-OH is 2. The molecule has 24 heteroatoms. The molecule has 4 atom stereocenters. The Kier molecular flexibility index (Phi) is 16.6. The molecule has 8 aromatic rings. The maximum absolute atomic E-state index is 13.6. The summed E-state index contributed by atoms with van der Waals surface area (Å²) < 4.78 is 88.9. The van der Waals surface area contributed by atoms with Crippen molar-refractivity contribution in [1.29, 1.82) is 0 Å². The van der Waals surface area contributed by atoms with E-state index < -0.39 is 59.5 Å². The predicted octanol–water partition coefficient (Wildman–Crippen LogP) is 9.06. The van der Waals surface area contributed by atoms with E-state index in [1.165, 1.54) is 12.1 Å². The summed E-state index contributed by atoms with van der Waals surface area (Å²) in [6.45, 7) is 8.99. The molecule has 18 nitrogen and oxygen atoms in total. The van der Waals surface area contributed by atoms with Gasteiger partial charge >= 0.3 is 24.3 Å². The van der Waals surface area contributed by atoms with Crippen LogP contribution in [0.25, 0.3) is 35.7 Å². The Hall–Kier alpha value is -8.64. The first kappa shape index (κ1) is 55.6. The molecule has 0 fully saturated rings. The number of aliphatic hydroxyl groups is 2. The van der Waals surface area contributed by atoms with Gasteiger partial charge in [0.05, 0.1) is 69.3 Å². The van der Waals surface area contributed by atoms with Gasteiger partial charge in [0, 0.05) is 37.3 Å². The molecule has 4 N–H and O–H groups in total. The molecule has 6 aromatic heterocycles. The zero-order valence-electron chi connectivity index (χ0n) is 42.3. The van der Waals surface area contributed by atoms with Crippen molar-refractivity contribution in [2.75, 3.05) is 0 Å². The Morgan fingerprint density at radius 2 is 0.949 bits per heavy atom. The number of aromatic nitrogens is 12. The smallest absolute Gasteiger partial charge is 0.416 e. The lowest BCUT2D eigenvalue weighted by Crippen LogP contribution is -2.39. The van der Waals surface area contributed by atoms with Crippen LogP contribution in [0.1, 0.15) is 117 Å². The highest BCUT2D eigenvalue weighted by molar-refractivity contribution is 5.83. The molecular weight excluding hydrogens is 1030 g/mol. The minimum absolute atomic E-state index is 0.251. The number of imidazole rings is 2. The highest BCUT2D eigenvalue weighted by Gasteiger charge is 2.39. The zero-order chi connectivity index (χ0) is 56.1. The van der Waals surface area contributed by atoms with E-state index in [1.54, 1.807) is 58.4 Å². The number of pyridine rings is 2. The number of aliphatic carboxylic acids is 2. The highest BCUT2D eigenvalue weighted by Crippen LogP contribution is 2.42. The molecule has 2 aromatic carbocycles. The molecule has 2 aliphatic rings. The SMILES string of the molecule is Cc1cn(-c2ccc(/C=C/c3nc4n(n3)CCCC4c3ccccc3C(F)(F)F)nc2C)cn1.Cc1cn(-c2ccc(/C=C/c3nc4n(n3)CCC[C@H]4c3ccccc3C(F)(F)F)nc2C)cn1.O=C(O)[C@@H](O)[C@H](O)C(=O)O. The normalized spacial score (nSPS) is 16.2. The fourth-order valence-corrected chi connectivity index (χ4v) is 9.16. The van der Waals surface area contributed by atoms with Gasteiger partial charge in [-0.15, -0.1) is 0 Å². The Labute approximate surface area is 441 Å². The number of carboxylic acids is 2. The first-order chi connectivity index (χ1) is 37.0. The van der Waals surface area contributed by atoms with Crippen LogP contribution in [0.2, 0.25) is 0 Å². The molecule has 10 rings (SSSR count). The monoisotopic (exact) mass is 1080 g/mol. The first-order valence-corrected chi connectivity index (χ1v) is 24.4. The van der Waals surface area contributed by atoms with E-state index in [9.17, 15) is 35.9 Å². The van der Waals surface area contributed by atoms with Gasteiger partial charge in [-0.3, -0.25) is 9.97 Å². The van der Waals surface area contributed by atoms with Crippen molar-refractivity contribution in [3.8, 4) is 11.4 Å². The number of alkyl halides is 6. The summed E-state index contributed by atoms with van der Waals surface area (Å²) in [4.78, 5) is 46.5. The third-order valence-electron chi connectivity index (χ3n) is 12.8. The number of nitrogens with zero attached hydrogens (tertiary/aromatic N) is 12. The number of carbonyl (C=O) groups is 2. The number of carboxylic acid groups (broad SMARTS) is 2. The molecule has 406 valence electrons. The highest BCUT2D eigenvalue weighted by atomic mass is 19.4. The van der Waals surface area contributed by atoms with E-state index >= 15 is 0 Å². The molecule has 0 saturated carbocycles. The lowest BCUT2D eigenvalue weighted by atomic mass is 9.88. The van der Waals surface area contributed by atoms with Crippen LogP contribution in [0.3, 0.4) is 0 Å². The second-order valence-corrected chi connectivity index (χ2v) is 18.4. The van der Waals surface area contributed by atoms with Gasteiger partial charge in [0.25, 0.3) is 0 Å². The summed E-state index contributed by atoms with van der Waals surface area (Å²) in [7, 11) is 0. The summed E-state index contributed by atoms with van der Waals surface area (Å²) in [5, 5.41) is 41.6. The maximum Gasteiger partial charge on any atom is 0.416 e. The minimum Gasteiger partial charge on any atom is -0.479 e. The van der Waals surface area contributed by atoms with Gasteiger partial charge in [0.15, 0.2) is 23.9 Å². The Morgan fingerprint density at radius 1 is 0.564 bits per heavy atom. The van der Waals surface area contributed by atoms with Crippen LogP contribution in [0.4, 0.5) is 26.3 Å². The molecule has 2 aliphatic heterocycles. The number of benzene rings is 2. The molecule has 0 bridgehead atoms. The summed E-state index contributed by atoms with van der Waals surface area (Å²) in [6, 6.07) is 19.2. The van der Waals surface area contributed by atoms with Crippen molar-refractivity contribution < 1.29 is 56.4 Å². The third-order valence-corrected chi connectivity index (χ3v) is 12.8. The van der Waals surface area contributed by atoms with Crippen LogP contribution in [-0.2, 0) is 35.0 Å². The number of hydrogen-bond donors (Lipinski definition) is 4. The van der Waals surface area contributed by atoms with Crippen molar-refractivity contribution in [3.63, 3.8) is 0 Å². The third kappa shape index (κ3) is 12.9. The zero-order valence-corrected chi connectivity index (χ0v) is 42.3. The van der Waals surface area contributed by atoms with Crippen molar-refractivity contribution in [3.05, 3.63) is 178 Å². The average Bonchev–Trinajstić information content (AvgIpc) is 4.25. The molecule has 0 spiro atoms. The van der Waals surface area contributed by atoms with E-state index in [4.69, 9.17) is 20.4 Å². The Balaban J connectivity index is 0.000000176. The second-order valence-electron chi connectivity index (χ2n) is 18.4. The van der Waals surface area contributed by atoms with Crippen LogP contribution in [0, 0.1) is 27.7 Å². The molecular formula is C54H52F6N12O6. The molecule has 78 heavy (non-hydrogen) atoms. The van der Waals surface area contributed by atoms with Gasteiger partial charge in [-0.25, -0.2) is 38.9 Å². The van der Waals surface area contributed by atoms with Crippen molar-refractivity contribution >= 4 is 36.2 Å². The molecule has 0 aliphatic carbocycles. The molecule has 0 amide bonds. The lowest BCUT2D eigenvalue weighted by molar-refractivity contribution is -0.165. The van der Waals surface area contributed by atoms with E-state index in [-0.39, 0.29) is 11.1 Å². The Morgan fingerprint density at radius 3 is 1.28 bits per heavy atom. The van der Waals surface area contributed by atoms with Crippen molar-refractivity contribution in [2.45, 2.75) is 103 Å². The van der Waals surface area contributed by atoms with Crippen LogP contribution in [0.15, 0.2) is 97.8 Å². The summed E-state index contributed by atoms with van der Waals surface area (Å²) in [5.74, 6) is -2.38. The summed E-state index contributed by atoms with van der Waals surface area (Å²) in [5.41, 5.74) is 6.20. The topological polar surface area (TPSA) is 238 Å². The van der Waals surface area contributed by atoms with Crippen LogP contribution in [-0.4, -0.2) is 103 Å². The molecule has 1 unspecified atom stereocenters. The fraction of sp³-hybridized carbons (Fsp3) is 0.296. The van der Waals surface area contributed by atoms with E-state index in [2.05, 4.69) is 40.1 Å².